The molecule has 0 fully saturated rings. The fourth-order valence-corrected chi connectivity index (χ4v) is 4.41. The third kappa shape index (κ3) is 4.41. The fourth-order valence-electron chi connectivity index (χ4n) is 4.41. The van der Waals surface area contributed by atoms with Crippen molar-refractivity contribution in [3.05, 3.63) is 59.3 Å². The first-order valence-electron chi connectivity index (χ1n) is 11.5. The Labute approximate surface area is 197 Å². The van der Waals surface area contributed by atoms with Gasteiger partial charge in [-0.1, -0.05) is 18.2 Å². The number of hydrogen-bond acceptors (Lipinski definition) is 7. The maximum Gasteiger partial charge on any atom is 0.339 e. The first kappa shape index (κ1) is 22.2. The van der Waals surface area contributed by atoms with Crippen LogP contribution in [-0.4, -0.2) is 54.2 Å². The molecule has 176 valence electrons. The molecule has 2 aliphatic heterocycles. The number of carbonyl (C=O) groups excluding carboxylic acids is 2. The maximum absolute atomic E-state index is 13.3. The standard InChI is InChI=1S/C26H27N3O5/c1-16(2)29-10-9-21-19(14-29)25(18-5-3-4-6-20(18)28-21)26(31)34-15-24(30)27-17-7-8-22-23(13-17)33-12-11-32-22/h3-8,13,16H,9-12,14-15H2,1-2H3,(H,27,30). The first-order chi connectivity index (χ1) is 16.5. The zero-order chi connectivity index (χ0) is 23.7. The lowest BCUT2D eigenvalue weighted by Gasteiger charge is -2.32. The Morgan fingerprint density at radius 3 is 2.74 bits per heavy atom. The molecule has 1 amide bonds. The molecule has 0 aliphatic carbocycles. The molecule has 34 heavy (non-hydrogen) atoms. The van der Waals surface area contributed by atoms with Crippen LogP contribution in [0.1, 0.15) is 35.5 Å². The highest BCUT2D eigenvalue weighted by molar-refractivity contribution is 6.06. The maximum atomic E-state index is 13.3. The minimum atomic E-state index is -0.516. The lowest BCUT2D eigenvalue weighted by atomic mass is 9.95. The van der Waals surface area contributed by atoms with Gasteiger partial charge < -0.3 is 19.5 Å². The molecule has 5 rings (SSSR count). The highest BCUT2D eigenvalue weighted by Crippen LogP contribution is 2.33. The molecule has 0 saturated heterocycles. The SMILES string of the molecule is CC(C)N1CCc2nc3ccccc3c(C(=O)OCC(=O)Nc3ccc4c(c3)OCCO4)c2C1. The van der Waals surface area contributed by atoms with Crippen LogP contribution in [0.2, 0.25) is 0 Å². The molecule has 0 saturated carbocycles. The van der Waals surface area contributed by atoms with Crippen molar-refractivity contribution in [1.82, 2.24) is 9.88 Å². The van der Waals surface area contributed by atoms with Gasteiger partial charge in [-0.2, -0.15) is 0 Å². The fraction of sp³-hybridized carbons (Fsp3) is 0.346. The van der Waals surface area contributed by atoms with Crippen LogP contribution in [0, 0.1) is 0 Å². The van der Waals surface area contributed by atoms with Gasteiger partial charge in [-0.3, -0.25) is 14.7 Å². The van der Waals surface area contributed by atoms with Crippen LogP contribution in [0.5, 0.6) is 11.5 Å². The molecular formula is C26H27N3O5. The monoisotopic (exact) mass is 461 g/mol. The number of hydrogen-bond donors (Lipinski definition) is 1. The van der Waals surface area contributed by atoms with Gasteiger partial charge in [0.1, 0.15) is 13.2 Å². The van der Waals surface area contributed by atoms with Crippen molar-refractivity contribution in [2.24, 2.45) is 0 Å². The number of carbonyl (C=O) groups is 2. The zero-order valence-electron chi connectivity index (χ0n) is 19.3. The summed E-state index contributed by atoms with van der Waals surface area (Å²) in [6.07, 6.45) is 0.767. The van der Waals surface area contributed by atoms with Crippen molar-refractivity contribution in [3.8, 4) is 11.5 Å². The molecule has 1 N–H and O–H groups in total. The molecule has 8 nitrogen and oxygen atoms in total. The third-order valence-electron chi connectivity index (χ3n) is 6.17. The van der Waals surface area contributed by atoms with E-state index in [0.717, 1.165) is 35.1 Å². The molecule has 0 spiro atoms. The number of amides is 1. The van der Waals surface area contributed by atoms with Crippen molar-refractivity contribution < 1.29 is 23.8 Å². The second kappa shape index (κ2) is 9.30. The Kier molecular flexibility index (Phi) is 6.06. The molecule has 2 aromatic carbocycles. The number of nitrogens with zero attached hydrogens (tertiary/aromatic N) is 2. The molecule has 0 radical (unpaired) electrons. The van der Waals surface area contributed by atoms with Gasteiger partial charge in [0.05, 0.1) is 11.1 Å². The van der Waals surface area contributed by atoms with Crippen LogP contribution in [0.15, 0.2) is 42.5 Å². The Bertz CT molecular complexity index is 1260. The second-order valence-corrected chi connectivity index (χ2v) is 8.73. The number of esters is 1. The molecule has 3 aromatic rings. The van der Waals surface area contributed by atoms with E-state index in [4.69, 9.17) is 19.2 Å². The number of ether oxygens (including phenoxy) is 3. The summed E-state index contributed by atoms with van der Waals surface area (Å²) in [6.45, 7) is 6.35. The van der Waals surface area contributed by atoms with Gasteiger partial charge in [0, 0.05) is 53.9 Å². The number of anilines is 1. The van der Waals surface area contributed by atoms with E-state index in [0.29, 0.717) is 48.6 Å². The topological polar surface area (TPSA) is 90.0 Å². The molecule has 1 aromatic heterocycles. The van der Waals surface area contributed by atoms with Crippen molar-refractivity contribution in [2.45, 2.75) is 32.9 Å². The minimum absolute atomic E-state index is 0.347. The van der Waals surface area contributed by atoms with E-state index in [1.165, 1.54) is 0 Å². The Balaban J connectivity index is 1.34. The van der Waals surface area contributed by atoms with Crippen LogP contribution < -0.4 is 14.8 Å². The van der Waals surface area contributed by atoms with E-state index in [1.54, 1.807) is 18.2 Å². The van der Waals surface area contributed by atoms with Gasteiger partial charge in [0.25, 0.3) is 5.91 Å². The van der Waals surface area contributed by atoms with Gasteiger partial charge in [-0.25, -0.2) is 4.79 Å². The van der Waals surface area contributed by atoms with E-state index in [9.17, 15) is 9.59 Å². The van der Waals surface area contributed by atoms with Crippen LogP contribution in [0.4, 0.5) is 5.69 Å². The number of nitrogens with one attached hydrogen (secondary N) is 1. The largest absolute Gasteiger partial charge is 0.486 e. The van der Waals surface area contributed by atoms with E-state index in [2.05, 4.69) is 24.1 Å². The molecule has 0 atom stereocenters. The molecule has 0 bridgehead atoms. The highest BCUT2D eigenvalue weighted by Gasteiger charge is 2.28. The summed E-state index contributed by atoms with van der Waals surface area (Å²) in [5, 5.41) is 3.49. The summed E-state index contributed by atoms with van der Waals surface area (Å²) in [5.74, 6) is 0.268. The van der Waals surface area contributed by atoms with Gasteiger partial charge in [0.2, 0.25) is 0 Å². The number of fused-ring (bicyclic) bond motifs is 3. The van der Waals surface area contributed by atoms with Crippen LogP contribution in [-0.2, 0) is 22.5 Å². The predicted octanol–water partition coefficient (Wildman–Crippen LogP) is 3.57. The van der Waals surface area contributed by atoms with E-state index < -0.39 is 18.5 Å². The highest BCUT2D eigenvalue weighted by atomic mass is 16.6. The number of para-hydroxylation sites is 1. The van der Waals surface area contributed by atoms with E-state index in [1.807, 2.05) is 24.3 Å². The quantitative estimate of drug-likeness (QED) is 0.581. The Morgan fingerprint density at radius 1 is 1.12 bits per heavy atom. The smallest absolute Gasteiger partial charge is 0.339 e. The molecule has 8 heteroatoms. The first-order valence-corrected chi connectivity index (χ1v) is 11.5. The van der Waals surface area contributed by atoms with Crippen molar-refractivity contribution in [3.63, 3.8) is 0 Å². The van der Waals surface area contributed by atoms with E-state index >= 15 is 0 Å². The summed E-state index contributed by atoms with van der Waals surface area (Å²) in [6, 6.07) is 13.1. The zero-order valence-corrected chi connectivity index (χ0v) is 19.3. The number of pyridine rings is 1. The van der Waals surface area contributed by atoms with Gasteiger partial charge in [-0.15, -0.1) is 0 Å². The minimum Gasteiger partial charge on any atom is -0.486 e. The summed E-state index contributed by atoms with van der Waals surface area (Å²) >= 11 is 0. The van der Waals surface area contributed by atoms with Gasteiger partial charge in [-0.05, 0) is 32.0 Å². The number of aromatic nitrogens is 1. The third-order valence-corrected chi connectivity index (χ3v) is 6.17. The van der Waals surface area contributed by atoms with E-state index in [-0.39, 0.29) is 0 Å². The van der Waals surface area contributed by atoms with Crippen molar-refractivity contribution >= 4 is 28.5 Å². The van der Waals surface area contributed by atoms with Crippen LogP contribution in [0.3, 0.4) is 0 Å². The molecule has 2 aliphatic rings. The molecular weight excluding hydrogens is 434 g/mol. The summed E-state index contributed by atoms with van der Waals surface area (Å²) in [5.41, 5.74) is 3.61. The number of benzene rings is 2. The lowest BCUT2D eigenvalue weighted by molar-refractivity contribution is -0.119. The van der Waals surface area contributed by atoms with Gasteiger partial charge in [0.15, 0.2) is 18.1 Å². The Morgan fingerprint density at radius 2 is 1.91 bits per heavy atom. The Hall–Kier alpha value is -3.65. The average Bonchev–Trinajstić information content (AvgIpc) is 2.85. The average molecular weight is 462 g/mol. The lowest BCUT2D eigenvalue weighted by Crippen LogP contribution is -2.37. The summed E-state index contributed by atoms with van der Waals surface area (Å²) in [4.78, 5) is 32.9. The molecule has 3 heterocycles. The number of rotatable bonds is 5. The summed E-state index contributed by atoms with van der Waals surface area (Å²) < 4.78 is 16.5. The predicted molar refractivity (Wildman–Crippen MR) is 127 cm³/mol. The van der Waals surface area contributed by atoms with Crippen LogP contribution in [0.25, 0.3) is 10.9 Å². The summed E-state index contributed by atoms with van der Waals surface area (Å²) in [7, 11) is 0. The normalized spacial score (nSPS) is 15.1. The second-order valence-electron chi connectivity index (χ2n) is 8.73. The van der Waals surface area contributed by atoms with Crippen molar-refractivity contribution in [2.75, 3.05) is 31.7 Å². The van der Waals surface area contributed by atoms with Crippen molar-refractivity contribution in [1.29, 1.82) is 0 Å². The van der Waals surface area contributed by atoms with Gasteiger partial charge >= 0.3 is 5.97 Å². The molecule has 0 unspecified atom stereocenters. The van der Waals surface area contributed by atoms with Crippen LogP contribution >= 0.6 is 0 Å².